The minimum absolute atomic E-state index is 0. The van der Waals surface area contributed by atoms with Gasteiger partial charge in [0.15, 0.2) is 0 Å². The van der Waals surface area contributed by atoms with Crippen LogP contribution in [0.15, 0.2) is 0 Å². The van der Waals surface area contributed by atoms with Gasteiger partial charge < -0.3 is 12.4 Å². The fourth-order valence-electron chi connectivity index (χ4n) is 2.96. The summed E-state index contributed by atoms with van der Waals surface area (Å²) in [5.41, 5.74) is 0. The molecule has 0 atom stereocenters. The second kappa shape index (κ2) is 3.07. The second-order valence-corrected chi connectivity index (χ2v) is 4.52. The lowest BCUT2D eigenvalue weighted by Crippen LogP contribution is -3.00. The molecule has 4 nitrogen and oxygen atoms in total. The van der Waals surface area contributed by atoms with E-state index in [1.807, 2.05) is 0 Å². The Bertz CT molecular complexity index is 173. The topological polar surface area (TPSA) is 9.72 Å². The molecule has 4 aliphatic rings. The summed E-state index contributed by atoms with van der Waals surface area (Å²) in [6, 6.07) is 0. The van der Waals surface area contributed by atoms with Crippen LogP contribution in [-0.2, 0) is 0 Å². The van der Waals surface area contributed by atoms with Gasteiger partial charge in [0.2, 0.25) is 0 Å². The summed E-state index contributed by atoms with van der Waals surface area (Å²) in [4.78, 5) is 7.67. The third-order valence-corrected chi connectivity index (χ3v) is 3.37. The van der Waals surface area contributed by atoms with Gasteiger partial charge >= 0.3 is 0 Å². The fraction of sp³-hybridized carbons (Fsp3) is 1.00. The molecule has 76 valence electrons. The molecule has 0 spiro atoms. The first-order chi connectivity index (χ1) is 5.80. The van der Waals surface area contributed by atoms with Crippen LogP contribution in [0, 0.1) is 0 Å². The minimum atomic E-state index is 0. The lowest BCUT2D eigenvalue weighted by Gasteiger charge is -2.60. The van der Waals surface area contributed by atoms with E-state index in [4.69, 9.17) is 0 Å². The van der Waals surface area contributed by atoms with E-state index >= 15 is 0 Å². The maximum absolute atomic E-state index is 2.56. The number of hydrogen-bond donors (Lipinski definition) is 0. The summed E-state index contributed by atoms with van der Waals surface area (Å²) < 4.78 is 1.28. The third kappa shape index (κ3) is 1.37. The smallest absolute Gasteiger partial charge is 0.139 e. The van der Waals surface area contributed by atoms with Crippen molar-refractivity contribution in [1.82, 2.24) is 14.7 Å². The van der Waals surface area contributed by atoms with Crippen LogP contribution in [0.1, 0.15) is 6.92 Å². The monoisotopic (exact) mass is 204 g/mol. The van der Waals surface area contributed by atoms with Crippen molar-refractivity contribution in [2.45, 2.75) is 6.92 Å². The Kier molecular flexibility index (Phi) is 2.28. The average Bonchev–Trinajstić information content (AvgIpc) is 2.02. The molecule has 4 saturated heterocycles. The first kappa shape index (κ1) is 9.68. The molecule has 4 aliphatic heterocycles. The summed E-state index contributed by atoms with van der Waals surface area (Å²) in [7, 11) is 0. The summed E-state index contributed by atoms with van der Waals surface area (Å²) in [5, 5.41) is 0. The SMILES string of the molecule is CC[N+]12CN3CN(CN(C3)C1)C2.[Cl-]. The standard InChI is InChI=1S/C8H17N4.ClH/c1-2-12-6-9-3-10(7-12)5-11(4-9)8-12;/h2-8H2,1H3;1H/q+1;/p-1. The quantitative estimate of drug-likeness (QED) is 0.411. The molecule has 0 aromatic heterocycles. The predicted octanol–water partition coefficient (Wildman–Crippen LogP) is -3.48. The van der Waals surface area contributed by atoms with Gasteiger partial charge in [0, 0.05) is 0 Å². The molecule has 13 heavy (non-hydrogen) atoms. The van der Waals surface area contributed by atoms with Crippen molar-refractivity contribution in [2.75, 3.05) is 46.6 Å². The minimum Gasteiger partial charge on any atom is -1.00 e. The van der Waals surface area contributed by atoms with Gasteiger partial charge in [-0.05, 0) is 6.92 Å². The Morgan fingerprint density at radius 3 is 1.62 bits per heavy atom. The zero-order valence-electron chi connectivity index (χ0n) is 8.12. The first-order valence-corrected chi connectivity index (χ1v) is 4.82. The number of quaternary nitrogens is 1. The predicted molar refractivity (Wildman–Crippen MR) is 45.5 cm³/mol. The molecule has 0 aromatic carbocycles. The van der Waals surface area contributed by atoms with Crippen molar-refractivity contribution >= 4 is 0 Å². The van der Waals surface area contributed by atoms with Gasteiger partial charge in [-0.1, -0.05) is 0 Å². The number of hydrogen-bond acceptors (Lipinski definition) is 3. The highest BCUT2D eigenvalue weighted by atomic mass is 35.5. The molecule has 0 aromatic rings. The summed E-state index contributed by atoms with van der Waals surface area (Å²) in [6.07, 6.45) is 0. The molecule has 0 radical (unpaired) electrons. The molecule has 0 saturated carbocycles. The zero-order chi connectivity index (χ0) is 8.18. The van der Waals surface area contributed by atoms with E-state index in [-0.39, 0.29) is 12.4 Å². The van der Waals surface area contributed by atoms with Crippen LogP contribution < -0.4 is 12.4 Å². The van der Waals surface area contributed by atoms with Gasteiger partial charge in [0.1, 0.15) is 20.0 Å². The largest absolute Gasteiger partial charge is 1.00 e. The van der Waals surface area contributed by atoms with Gasteiger partial charge in [-0.25, -0.2) is 14.7 Å². The van der Waals surface area contributed by atoms with E-state index in [0.717, 1.165) is 0 Å². The van der Waals surface area contributed by atoms with Gasteiger partial charge in [0.05, 0.1) is 26.6 Å². The van der Waals surface area contributed by atoms with Crippen molar-refractivity contribution in [1.29, 1.82) is 0 Å². The normalized spacial score (nSPS) is 51.9. The summed E-state index contributed by atoms with van der Waals surface area (Å²) in [6.45, 7) is 11.1. The zero-order valence-corrected chi connectivity index (χ0v) is 8.87. The van der Waals surface area contributed by atoms with Gasteiger partial charge in [-0.15, -0.1) is 0 Å². The second-order valence-electron chi connectivity index (χ2n) is 4.52. The number of nitrogens with zero attached hydrogens (tertiary/aromatic N) is 4. The Morgan fingerprint density at radius 2 is 1.31 bits per heavy atom. The molecule has 0 N–H and O–H groups in total. The summed E-state index contributed by atoms with van der Waals surface area (Å²) in [5.74, 6) is 0. The Morgan fingerprint density at radius 1 is 0.923 bits per heavy atom. The Labute approximate surface area is 85.7 Å². The fourth-order valence-corrected chi connectivity index (χ4v) is 2.96. The molecular formula is C8H17ClN4. The number of halogens is 1. The van der Waals surface area contributed by atoms with Crippen LogP contribution in [0.5, 0.6) is 0 Å². The highest BCUT2D eigenvalue weighted by Crippen LogP contribution is 2.27. The Hall–Kier alpha value is 0.130. The van der Waals surface area contributed by atoms with Crippen molar-refractivity contribution in [2.24, 2.45) is 0 Å². The van der Waals surface area contributed by atoms with Crippen molar-refractivity contribution in [3.05, 3.63) is 0 Å². The van der Waals surface area contributed by atoms with Crippen molar-refractivity contribution < 1.29 is 16.9 Å². The van der Waals surface area contributed by atoms with E-state index in [2.05, 4.69) is 21.6 Å². The van der Waals surface area contributed by atoms with E-state index in [0.29, 0.717) is 0 Å². The molecule has 0 unspecified atom stereocenters. The number of rotatable bonds is 1. The molecule has 0 aliphatic carbocycles. The maximum atomic E-state index is 2.56. The molecule has 0 amide bonds. The molecule has 4 fully saturated rings. The van der Waals surface area contributed by atoms with Crippen LogP contribution in [0.25, 0.3) is 0 Å². The highest BCUT2D eigenvalue weighted by Gasteiger charge is 2.47. The lowest BCUT2D eigenvalue weighted by molar-refractivity contribution is -0.978. The first-order valence-electron chi connectivity index (χ1n) is 4.82. The van der Waals surface area contributed by atoms with Crippen molar-refractivity contribution in [3.63, 3.8) is 0 Å². The molecule has 5 heteroatoms. The van der Waals surface area contributed by atoms with Crippen LogP contribution >= 0.6 is 0 Å². The highest BCUT2D eigenvalue weighted by molar-refractivity contribution is 4.73. The Balaban J connectivity index is 0.000000653. The van der Waals surface area contributed by atoms with Gasteiger partial charge in [-0.3, -0.25) is 4.48 Å². The van der Waals surface area contributed by atoms with Crippen LogP contribution in [-0.4, -0.2) is 65.7 Å². The maximum Gasteiger partial charge on any atom is 0.139 e. The van der Waals surface area contributed by atoms with Crippen LogP contribution in [0.4, 0.5) is 0 Å². The van der Waals surface area contributed by atoms with E-state index in [1.165, 1.54) is 51.0 Å². The van der Waals surface area contributed by atoms with Gasteiger partial charge in [-0.2, -0.15) is 0 Å². The van der Waals surface area contributed by atoms with E-state index < -0.39 is 0 Å². The van der Waals surface area contributed by atoms with Crippen LogP contribution in [0.2, 0.25) is 0 Å². The van der Waals surface area contributed by atoms with Gasteiger partial charge in [0.25, 0.3) is 0 Å². The van der Waals surface area contributed by atoms with E-state index in [1.54, 1.807) is 0 Å². The van der Waals surface area contributed by atoms with E-state index in [9.17, 15) is 0 Å². The average molecular weight is 205 g/mol. The molecule has 4 bridgehead atoms. The third-order valence-electron chi connectivity index (χ3n) is 3.37. The summed E-state index contributed by atoms with van der Waals surface area (Å²) >= 11 is 0. The molecule has 4 rings (SSSR count). The van der Waals surface area contributed by atoms with Crippen LogP contribution in [0.3, 0.4) is 0 Å². The lowest BCUT2D eigenvalue weighted by atomic mass is 10.3. The molecular weight excluding hydrogens is 188 g/mol. The van der Waals surface area contributed by atoms with Crippen molar-refractivity contribution in [3.8, 4) is 0 Å². The molecule has 4 heterocycles.